The molecule has 1 unspecified atom stereocenters. The van der Waals surface area contributed by atoms with E-state index in [0.29, 0.717) is 6.61 Å². The highest BCUT2D eigenvalue weighted by Gasteiger charge is 2.35. The Hall–Kier alpha value is -0.120. The van der Waals surface area contributed by atoms with Crippen LogP contribution in [-0.2, 0) is 4.74 Å². The molecule has 2 saturated heterocycles. The quantitative estimate of drug-likeness (QED) is 0.762. The van der Waals surface area contributed by atoms with Gasteiger partial charge in [0.25, 0.3) is 0 Å². The summed E-state index contributed by atoms with van der Waals surface area (Å²) in [6.45, 7) is 7.77. The zero-order chi connectivity index (χ0) is 10.7. The van der Waals surface area contributed by atoms with Crippen LogP contribution in [-0.4, -0.2) is 49.5 Å². The van der Waals surface area contributed by atoms with Crippen molar-refractivity contribution in [3.63, 3.8) is 0 Å². The molecule has 88 valence electrons. The fourth-order valence-electron chi connectivity index (χ4n) is 2.81. The molecule has 0 amide bonds. The first kappa shape index (κ1) is 11.4. The smallest absolute Gasteiger partial charge is 0.0501 e. The van der Waals surface area contributed by atoms with Crippen molar-refractivity contribution in [2.75, 3.05) is 39.5 Å². The highest BCUT2D eigenvalue weighted by Crippen LogP contribution is 2.32. The summed E-state index contributed by atoms with van der Waals surface area (Å²) in [5.74, 6) is 0.834. The number of hydrogen-bond donors (Lipinski definition) is 1. The lowest BCUT2D eigenvalue weighted by Crippen LogP contribution is -2.43. The molecule has 0 aromatic carbocycles. The van der Waals surface area contributed by atoms with Crippen molar-refractivity contribution >= 4 is 0 Å². The first-order chi connectivity index (χ1) is 7.24. The molecule has 0 saturated carbocycles. The van der Waals surface area contributed by atoms with Crippen LogP contribution < -0.4 is 0 Å². The average Bonchev–Trinajstić information content (AvgIpc) is 2.65. The molecular weight excluding hydrogens is 190 g/mol. The van der Waals surface area contributed by atoms with Crippen LogP contribution in [0.15, 0.2) is 0 Å². The first-order valence-electron chi connectivity index (χ1n) is 6.15. The number of hydrogen-bond acceptors (Lipinski definition) is 3. The summed E-state index contributed by atoms with van der Waals surface area (Å²) in [4.78, 5) is 2.52. The van der Waals surface area contributed by atoms with Crippen molar-refractivity contribution in [1.82, 2.24) is 4.90 Å². The van der Waals surface area contributed by atoms with Gasteiger partial charge in [-0.05, 0) is 31.7 Å². The molecule has 2 heterocycles. The predicted octanol–water partition coefficient (Wildman–Crippen LogP) is 1.12. The van der Waals surface area contributed by atoms with E-state index < -0.39 is 0 Å². The molecule has 3 heteroatoms. The van der Waals surface area contributed by atoms with Crippen molar-refractivity contribution < 1.29 is 9.84 Å². The Balaban J connectivity index is 1.89. The summed E-state index contributed by atoms with van der Waals surface area (Å²) in [6.07, 6.45) is 3.36. The van der Waals surface area contributed by atoms with Gasteiger partial charge in [0.2, 0.25) is 0 Å². The van der Waals surface area contributed by atoms with Gasteiger partial charge in [-0.15, -0.1) is 0 Å². The van der Waals surface area contributed by atoms with E-state index in [9.17, 15) is 5.11 Å². The lowest BCUT2D eigenvalue weighted by atomic mass is 9.80. The van der Waals surface area contributed by atoms with Gasteiger partial charge >= 0.3 is 0 Å². The van der Waals surface area contributed by atoms with E-state index in [1.165, 1.54) is 19.5 Å². The van der Waals surface area contributed by atoms with Crippen LogP contribution >= 0.6 is 0 Å². The molecule has 1 N–H and O–H groups in total. The van der Waals surface area contributed by atoms with Gasteiger partial charge in [0.05, 0.1) is 6.61 Å². The molecule has 0 radical (unpaired) electrons. The van der Waals surface area contributed by atoms with E-state index in [2.05, 4.69) is 11.8 Å². The summed E-state index contributed by atoms with van der Waals surface area (Å²) < 4.78 is 5.38. The van der Waals surface area contributed by atoms with Crippen molar-refractivity contribution in [2.24, 2.45) is 11.3 Å². The van der Waals surface area contributed by atoms with Gasteiger partial charge in [0.1, 0.15) is 0 Å². The van der Waals surface area contributed by atoms with Crippen molar-refractivity contribution in [2.45, 2.75) is 26.2 Å². The largest absolute Gasteiger partial charge is 0.396 e. The number of aliphatic hydroxyl groups is 1. The molecule has 0 aliphatic carbocycles. The maximum absolute atomic E-state index is 9.59. The monoisotopic (exact) mass is 213 g/mol. The zero-order valence-electron chi connectivity index (χ0n) is 9.74. The normalized spacial score (nSPS) is 32.0. The third-order valence-corrected chi connectivity index (χ3v) is 3.96. The summed E-state index contributed by atoms with van der Waals surface area (Å²) in [7, 11) is 0. The van der Waals surface area contributed by atoms with E-state index in [-0.39, 0.29) is 5.41 Å². The van der Waals surface area contributed by atoms with Gasteiger partial charge in [0, 0.05) is 31.7 Å². The van der Waals surface area contributed by atoms with Gasteiger partial charge in [-0.2, -0.15) is 0 Å². The molecule has 0 spiro atoms. The summed E-state index contributed by atoms with van der Waals surface area (Å²) >= 11 is 0. The first-order valence-corrected chi connectivity index (χ1v) is 6.15. The molecule has 0 aromatic rings. The van der Waals surface area contributed by atoms with Gasteiger partial charge in [-0.3, -0.25) is 0 Å². The van der Waals surface area contributed by atoms with Gasteiger partial charge in [0.15, 0.2) is 0 Å². The van der Waals surface area contributed by atoms with Gasteiger partial charge in [-0.25, -0.2) is 0 Å². The lowest BCUT2D eigenvalue weighted by Gasteiger charge is -2.38. The summed E-state index contributed by atoms with van der Waals surface area (Å²) in [5.41, 5.74) is 0.127. The molecule has 15 heavy (non-hydrogen) atoms. The Labute approximate surface area is 92.4 Å². The number of aliphatic hydroxyl groups excluding tert-OH is 1. The topological polar surface area (TPSA) is 32.7 Å². The van der Waals surface area contributed by atoms with E-state index in [4.69, 9.17) is 4.74 Å². The van der Waals surface area contributed by atoms with E-state index >= 15 is 0 Å². The Morgan fingerprint density at radius 2 is 2.13 bits per heavy atom. The van der Waals surface area contributed by atoms with Crippen LogP contribution in [0.3, 0.4) is 0 Å². The lowest BCUT2D eigenvalue weighted by molar-refractivity contribution is -0.0315. The molecule has 0 bridgehead atoms. The van der Waals surface area contributed by atoms with Crippen LogP contribution in [0.1, 0.15) is 26.2 Å². The Bertz CT molecular complexity index is 202. The fourth-order valence-corrected chi connectivity index (χ4v) is 2.81. The predicted molar refractivity (Wildman–Crippen MR) is 59.8 cm³/mol. The minimum Gasteiger partial charge on any atom is -0.396 e. The molecule has 2 aliphatic heterocycles. The summed E-state index contributed by atoms with van der Waals surface area (Å²) in [6, 6.07) is 0. The Morgan fingerprint density at radius 3 is 2.67 bits per heavy atom. The van der Waals surface area contributed by atoms with Crippen LogP contribution in [0.25, 0.3) is 0 Å². The third kappa shape index (κ3) is 2.71. The standard InChI is InChI=1S/C12H23NO2/c1-11-2-5-13(8-11)9-12(10-14)3-6-15-7-4-12/h11,14H,2-10H2,1H3. The second-order valence-electron chi connectivity index (χ2n) is 5.40. The van der Waals surface area contributed by atoms with Crippen molar-refractivity contribution in [3.8, 4) is 0 Å². The molecule has 3 nitrogen and oxygen atoms in total. The molecule has 2 rings (SSSR count). The van der Waals surface area contributed by atoms with Crippen LogP contribution in [0, 0.1) is 11.3 Å². The van der Waals surface area contributed by atoms with Gasteiger partial charge < -0.3 is 14.7 Å². The number of likely N-dealkylation sites (tertiary alicyclic amines) is 1. The zero-order valence-corrected chi connectivity index (χ0v) is 9.74. The highest BCUT2D eigenvalue weighted by molar-refractivity contribution is 4.86. The second kappa shape index (κ2) is 4.81. The average molecular weight is 213 g/mol. The minimum absolute atomic E-state index is 0.127. The number of rotatable bonds is 3. The number of nitrogens with zero attached hydrogens (tertiary/aromatic N) is 1. The molecule has 1 atom stereocenters. The molecular formula is C12H23NO2. The second-order valence-corrected chi connectivity index (χ2v) is 5.40. The van der Waals surface area contributed by atoms with E-state index in [0.717, 1.165) is 38.5 Å². The Kier molecular flexibility index (Phi) is 3.65. The van der Waals surface area contributed by atoms with E-state index in [1.807, 2.05) is 0 Å². The molecule has 2 aliphatic rings. The fraction of sp³-hybridized carbons (Fsp3) is 1.00. The van der Waals surface area contributed by atoms with Crippen molar-refractivity contribution in [3.05, 3.63) is 0 Å². The SMILES string of the molecule is CC1CCN(CC2(CO)CCOCC2)C1. The van der Waals surface area contributed by atoms with Crippen LogP contribution in [0.5, 0.6) is 0 Å². The third-order valence-electron chi connectivity index (χ3n) is 3.96. The van der Waals surface area contributed by atoms with Crippen LogP contribution in [0.4, 0.5) is 0 Å². The maximum Gasteiger partial charge on any atom is 0.0501 e. The molecule has 2 fully saturated rings. The highest BCUT2D eigenvalue weighted by atomic mass is 16.5. The molecule has 0 aromatic heterocycles. The van der Waals surface area contributed by atoms with Crippen LogP contribution in [0.2, 0.25) is 0 Å². The Morgan fingerprint density at radius 1 is 1.40 bits per heavy atom. The number of ether oxygens (including phenoxy) is 1. The maximum atomic E-state index is 9.59. The minimum atomic E-state index is 0.127. The van der Waals surface area contributed by atoms with Crippen molar-refractivity contribution in [1.29, 1.82) is 0 Å². The van der Waals surface area contributed by atoms with E-state index in [1.54, 1.807) is 0 Å². The summed E-state index contributed by atoms with van der Waals surface area (Å²) in [5, 5.41) is 9.59. The van der Waals surface area contributed by atoms with Gasteiger partial charge in [-0.1, -0.05) is 6.92 Å².